The van der Waals surface area contributed by atoms with Crippen LogP contribution in [0.3, 0.4) is 0 Å². The van der Waals surface area contributed by atoms with Gasteiger partial charge in [0.2, 0.25) is 0 Å². The van der Waals surface area contributed by atoms with Gasteiger partial charge < -0.3 is 15.0 Å². The molecule has 0 aliphatic carbocycles. The first-order valence-corrected chi connectivity index (χ1v) is 4.94. The van der Waals surface area contributed by atoms with E-state index in [-0.39, 0.29) is 0 Å². The second-order valence-corrected chi connectivity index (χ2v) is 3.21. The van der Waals surface area contributed by atoms with Crippen molar-refractivity contribution < 1.29 is 9.68 Å². The molecule has 2 N–H and O–H groups in total. The number of anilines is 2. The molecule has 16 heavy (non-hydrogen) atoms. The van der Waals surface area contributed by atoms with Gasteiger partial charge in [-0.1, -0.05) is 30.3 Å². The van der Waals surface area contributed by atoms with E-state index in [1.54, 1.807) is 6.07 Å². The van der Waals surface area contributed by atoms with E-state index >= 15 is 0 Å². The molecule has 0 bridgehead atoms. The number of rotatable bonds is 4. The maximum Gasteiger partial charge on any atom is 0.569 e. The molecule has 0 amide bonds. The van der Waals surface area contributed by atoms with Gasteiger partial charge in [0.1, 0.15) is 5.75 Å². The molecule has 0 spiro atoms. The Kier molecular flexibility index (Phi) is 3.46. The third kappa shape index (κ3) is 2.55. The highest BCUT2D eigenvalue weighted by Crippen LogP contribution is 2.26. The molecule has 0 atom stereocenters. The van der Waals surface area contributed by atoms with Crippen LogP contribution in [0.15, 0.2) is 54.6 Å². The van der Waals surface area contributed by atoms with Crippen molar-refractivity contribution in [1.29, 1.82) is 0 Å². The Morgan fingerprint density at radius 3 is 2.38 bits per heavy atom. The summed E-state index contributed by atoms with van der Waals surface area (Å²) in [5, 5.41) is 11.8. The Morgan fingerprint density at radius 2 is 1.62 bits per heavy atom. The van der Waals surface area contributed by atoms with Crippen LogP contribution in [0, 0.1) is 0 Å². The predicted octanol–water partition coefficient (Wildman–Crippen LogP) is 2.34. The zero-order chi connectivity index (χ0) is 11.2. The predicted molar refractivity (Wildman–Crippen MR) is 64.8 cm³/mol. The van der Waals surface area contributed by atoms with Gasteiger partial charge in [0.05, 0.1) is 5.69 Å². The van der Waals surface area contributed by atoms with Crippen molar-refractivity contribution in [3.05, 3.63) is 54.6 Å². The lowest BCUT2D eigenvalue weighted by molar-refractivity contribution is 0.455. The molecule has 0 aliphatic rings. The van der Waals surface area contributed by atoms with Gasteiger partial charge in [0.25, 0.3) is 0 Å². The van der Waals surface area contributed by atoms with Crippen molar-refractivity contribution in [1.82, 2.24) is 0 Å². The summed E-state index contributed by atoms with van der Waals surface area (Å²) in [6.07, 6.45) is 0. The highest BCUT2D eigenvalue weighted by Gasteiger charge is 2.02. The van der Waals surface area contributed by atoms with E-state index in [1.165, 1.54) is 0 Å². The molecule has 4 heteroatoms. The molecule has 1 radical (unpaired) electrons. The molecule has 0 heterocycles. The summed E-state index contributed by atoms with van der Waals surface area (Å²) in [5.74, 6) is 0.578. The SMILES string of the molecule is O[B]Oc1ccccc1Nc1ccccc1. The fourth-order valence-electron chi connectivity index (χ4n) is 1.41. The van der Waals surface area contributed by atoms with Crippen LogP contribution >= 0.6 is 0 Å². The van der Waals surface area contributed by atoms with Gasteiger partial charge in [-0.2, -0.15) is 0 Å². The zero-order valence-electron chi connectivity index (χ0n) is 8.63. The summed E-state index contributed by atoms with van der Waals surface area (Å²) in [6.45, 7) is 0. The molecule has 0 aromatic heterocycles. The van der Waals surface area contributed by atoms with Gasteiger partial charge in [0.15, 0.2) is 0 Å². The molecular weight excluding hydrogens is 201 g/mol. The summed E-state index contributed by atoms with van der Waals surface area (Å²) < 4.78 is 4.98. The summed E-state index contributed by atoms with van der Waals surface area (Å²) in [5.41, 5.74) is 1.77. The van der Waals surface area contributed by atoms with Gasteiger partial charge in [-0.3, -0.25) is 0 Å². The lowest BCUT2D eigenvalue weighted by Gasteiger charge is -2.11. The van der Waals surface area contributed by atoms with E-state index < -0.39 is 0 Å². The third-order valence-electron chi connectivity index (χ3n) is 2.12. The van der Waals surface area contributed by atoms with E-state index in [4.69, 9.17) is 9.68 Å². The van der Waals surface area contributed by atoms with Crippen molar-refractivity contribution in [2.45, 2.75) is 0 Å². The van der Waals surface area contributed by atoms with Crippen LogP contribution < -0.4 is 9.97 Å². The standard InChI is InChI=1S/C12H11BNO2/c15-13-16-12-9-5-4-8-11(12)14-10-6-2-1-3-7-10/h1-9,14-15H. The van der Waals surface area contributed by atoms with Gasteiger partial charge in [-0.25, -0.2) is 0 Å². The zero-order valence-corrected chi connectivity index (χ0v) is 8.63. The summed E-state index contributed by atoms with van der Waals surface area (Å²) >= 11 is 0. The average molecular weight is 212 g/mol. The number of benzene rings is 2. The number of para-hydroxylation sites is 3. The van der Waals surface area contributed by atoms with Crippen LogP contribution in [0.25, 0.3) is 0 Å². The van der Waals surface area contributed by atoms with Crippen molar-refractivity contribution in [2.75, 3.05) is 5.32 Å². The molecular formula is C12H11BNO2. The minimum atomic E-state index is 0.578. The van der Waals surface area contributed by atoms with E-state index in [1.807, 2.05) is 48.5 Å². The van der Waals surface area contributed by atoms with Crippen LogP contribution in [-0.2, 0) is 0 Å². The minimum Gasteiger partial charge on any atom is -0.536 e. The third-order valence-corrected chi connectivity index (χ3v) is 2.12. The Hall–Kier alpha value is -1.94. The van der Waals surface area contributed by atoms with Crippen LogP contribution in [0.5, 0.6) is 5.75 Å². The number of hydrogen-bond donors (Lipinski definition) is 2. The summed E-state index contributed by atoms with van der Waals surface area (Å²) in [7, 11) is 0.672. The molecule has 79 valence electrons. The maximum atomic E-state index is 8.64. The van der Waals surface area contributed by atoms with Crippen molar-refractivity contribution in [2.24, 2.45) is 0 Å². The van der Waals surface area contributed by atoms with Crippen LogP contribution in [0.4, 0.5) is 11.4 Å². The fraction of sp³-hybridized carbons (Fsp3) is 0. The van der Waals surface area contributed by atoms with Crippen LogP contribution in [0.1, 0.15) is 0 Å². The van der Waals surface area contributed by atoms with E-state index in [0.29, 0.717) is 13.4 Å². The summed E-state index contributed by atoms with van der Waals surface area (Å²) in [6, 6.07) is 17.2. The number of hydrogen-bond acceptors (Lipinski definition) is 3. The van der Waals surface area contributed by atoms with Gasteiger partial charge in [-0.15, -0.1) is 0 Å². The maximum absolute atomic E-state index is 8.64. The molecule has 0 aliphatic heterocycles. The smallest absolute Gasteiger partial charge is 0.536 e. The molecule has 0 saturated carbocycles. The molecule has 2 aromatic rings. The molecule has 3 nitrogen and oxygen atoms in total. The first-order valence-electron chi connectivity index (χ1n) is 4.94. The molecule has 2 aromatic carbocycles. The van der Waals surface area contributed by atoms with Crippen LogP contribution in [0.2, 0.25) is 0 Å². The fourth-order valence-corrected chi connectivity index (χ4v) is 1.41. The Bertz CT molecular complexity index is 448. The lowest BCUT2D eigenvalue weighted by Crippen LogP contribution is -2.02. The first-order chi connectivity index (χ1) is 7.90. The van der Waals surface area contributed by atoms with Crippen molar-refractivity contribution in [3.63, 3.8) is 0 Å². The average Bonchev–Trinajstić information content (AvgIpc) is 2.33. The minimum absolute atomic E-state index is 0.578. The Balaban J connectivity index is 2.21. The molecule has 0 saturated heterocycles. The van der Waals surface area contributed by atoms with Gasteiger partial charge in [-0.05, 0) is 24.3 Å². The largest absolute Gasteiger partial charge is 0.569 e. The highest BCUT2D eigenvalue weighted by molar-refractivity contribution is 6.17. The monoisotopic (exact) mass is 212 g/mol. The van der Waals surface area contributed by atoms with E-state index in [9.17, 15) is 0 Å². The number of nitrogens with one attached hydrogen (secondary N) is 1. The molecule has 0 unspecified atom stereocenters. The Labute approximate surface area is 95.0 Å². The van der Waals surface area contributed by atoms with E-state index in [0.717, 1.165) is 11.4 Å². The summed E-state index contributed by atoms with van der Waals surface area (Å²) in [4.78, 5) is 0. The molecule has 0 fully saturated rings. The Morgan fingerprint density at radius 1 is 0.938 bits per heavy atom. The van der Waals surface area contributed by atoms with E-state index in [2.05, 4.69) is 5.32 Å². The molecule has 2 rings (SSSR count). The van der Waals surface area contributed by atoms with Gasteiger partial charge >= 0.3 is 7.69 Å². The second kappa shape index (κ2) is 5.23. The topological polar surface area (TPSA) is 41.5 Å². The van der Waals surface area contributed by atoms with Crippen molar-refractivity contribution in [3.8, 4) is 5.75 Å². The highest BCUT2D eigenvalue weighted by atomic mass is 16.5. The quantitative estimate of drug-likeness (QED) is 0.764. The van der Waals surface area contributed by atoms with Gasteiger partial charge in [0, 0.05) is 5.69 Å². The first kappa shape index (κ1) is 10.6. The normalized spacial score (nSPS) is 9.56. The lowest BCUT2D eigenvalue weighted by atomic mass is 10.2. The second-order valence-electron chi connectivity index (χ2n) is 3.21. The van der Waals surface area contributed by atoms with Crippen LogP contribution in [-0.4, -0.2) is 12.7 Å². The van der Waals surface area contributed by atoms with Crippen molar-refractivity contribution >= 4 is 19.1 Å².